The first kappa shape index (κ1) is 17.6. The van der Waals surface area contributed by atoms with Crippen molar-refractivity contribution in [1.29, 1.82) is 0 Å². The second-order valence-electron chi connectivity index (χ2n) is 4.90. The minimum atomic E-state index is -1.08. The van der Waals surface area contributed by atoms with Crippen LogP contribution in [0.25, 0.3) is 0 Å². The van der Waals surface area contributed by atoms with Crippen LogP contribution < -0.4 is 11.1 Å². The third kappa shape index (κ3) is 3.81. The van der Waals surface area contributed by atoms with Crippen molar-refractivity contribution in [2.24, 2.45) is 5.73 Å². The van der Waals surface area contributed by atoms with Crippen molar-refractivity contribution in [2.75, 3.05) is 5.32 Å². The van der Waals surface area contributed by atoms with Crippen LogP contribution >= 0.6 is 23.7 Å². The van der Waals surface area contributed by atoms with Gasteiger partial charge in [0.15, 0.2) is 5.13 Å². The Kier molecular flexibility index (Phi) is 5.89. The number of aromatic nitrogens is 1. The van der Waals surface area contributed by atoms with E-state index >= 15 is 0 Å². The van der Waals surface area contributed by atoms with Gasteiger partial charge in [0, 0.05) is 4.88 Å². The molecule has 1 amide bonds. The number of thiazole rings is 1. The molecule has 3 N–H and O–H groups in total. The summed E-state index contributed by atoms with van der Waals surface area (Å²) in [5.41, 5.74) is 6.89. The molecular formula is C15H20ClN3OS. The van der Waals surface area contributed by atoms with E-state index in [2.05, 4.69) is 10.3 Å². The van der Waals surface area contributed by atoms with Gasteiger partial charge in [-0.05, 0) is 25.8 Å². The molecule has 1 heterocycles. The summed E-state index contributed by atoms with van der Waals surface area (Å²) < 4.78 is 0. The molecule has 114 valence electrons. The van der Waals surface area contributed by atoms with Crippen LogP contribution in [0, 0.1) is 6.92 Å². The molecule has 0 bridgehead atoms. The van der Waals surface area contributed by atoms with Crippen molar-refractivity contribution in [1.82, 2.24) is 4.98 Å². The maximum atomic E-state index is 12.4. The summed E-state index contributed by atoms with van der Waals surface area (Å²) in [6.07, 6.45) is 0.858. The van der Waals surface area contributed by atoms with Crippen molar-refractivity contribution in [2.45, 2.75) is 32.7 Å². The van der Waals surface area contributed by atoms with E-state index in [9.17, 15) is 4.79 Å². The second kappa shape index (κ2) is 7.02. The fourth-order valence-corrected chi connectivity index (χ4v) is 2.85. The summed E-state index contributed by atoms with van der Waals surface area (Å²) in [6.45, 7) is 5.76. The SMILES string of the molecule is CCc1nc(NC(=O)C(C)(N)c2ccccc2)sc1C.Cl. The highest BCUT2D eigenvalue weighted by Gasteiger charge is 2.31. The van der Waals surface area contributed by atoms with Crippen LogP contribution in [0.1, 0.15) is 30.0 Å². The normalized spacial score (nSPS) is 13.1. The van der Waals surface area contributed by atoms with Gasteiger partial charge in [0.25, 0.3) is 5.91 Å². The average Bonchev–Trinajstić information content (AvgIpc) is 2.79. The van der Waals surface area contributed by atoms with Gasteiger partial charge in [-0.15, -0.1) is 23.7 Å². The van der Waals surface area contributed by atoms with Crippen molar-refractivity contribution < 1.29 is 4.79 Å². The van der Waals surface area contributed by atoms with Gasteiger partial charge in [-0.2, -0.15) is 0 Å². The van der Waals surface area contributed by atoms with Gasteiger partial charge >= 0.3 is 0 Å². The molecule has 0 aliphatic heterocycles. The summed E-state index contributed by atoms with van der Waals surface area (Å²) in [6, 6.07) is 9.34. The van der Waals surface area contributed by atoms with Crippen LogP contribution in [0.15, 0.2) is 30.3 Å². The fraction of sp³-hybridized carbons (Fsp3) is 0.333. The number of halogens is 1. The third-order valence-electron chi connectivity index (χ3n) is 3.29. The van der Waals surface area contributed by atoms with Crippen molar-refractivity contribution in [3.63, 3.8) is 0 Å². The summed E-state index contributed by atoms with van der Waals surface area (Å²) in [5.74, 6) is -0.250. The molecule has 0 aliphatic carbocycles. The molecule has 1 aromatic heterocycles. The zero-order chi connectivity index (χ0) is 14.8. The Morgan fingerprint density at radius 3 is 2.52 bits per heavy atom. The lowest BCUT2D eigenvalue weighted by molar-refractivity contribution is -0.120. The van der Waals surface area contributed by atoms with Crippen LogP contribution in [0.5, 0.6) is 0 Å². The number of amides is 1. The van der Waals surface area contributed by atoms with E-state index in [1.165, 1.54) is 11.3 Å². The number of benzene rings is 1. The van der Waals surface area contributed by atoms with Crippen LogP contribution in [0.4, 0.5) is 5.13 Å². The number of nitrogens with zero attached hydrogens (tertiary/aromatic N) is 1. The molecule has 0 spiro atoms. The molecule has 21 heavy (non-hydrogen) atoms. The van der Waals surface area contributed by atoms with E-state index in [0.29, 0.717) is 5.13 Å². The van der Waals surface area contributed by atoms with Gasteiger partial charge in [0.1, 0.15) is 5.54 Å². The van der Waals surface area contributed by atoms with Crippen molar-refractivity contribution in [3.8, 4) is 0 Å². The Balaban J connectivity index is 0.00000220. The van der Waals surface area contributed by atoms with Crippen LogP contribution in [-0.2, 0) is 16.8 Å². The number of nitrogens with one attached hydrogen (secondary N) is 1. The van der Waals surface area contributed by atoms with Crippen LogP contribution in [0.2, 0.25) is 0 Å². The van der Waals surface area contributed by atoms with Gasteiger partial charge in [-0.25, -0.2) is 4.98 Å². The Morgan fingerprint density at radius 2 is 2.00 bits per heavy atom. The average molecular weight is 326 g/mol. The molecule has 1 atom stereocenters. The first-order valence-corrected chi connectivity index (χ1v) is 7.39. The van der Waals surface area contributed by atoms with Gasteiger partial charge < -0.3 is 11.1 Å². The van der Waals surface area contributed by atoms with Gasteiger partial charge in [-0.3, -0.25) is 4.79 Å². The zero-order valence-corrected chi connectivity index (χ0v) is 14.0. The van der Waals surface area contributed by atoms with Crippen molar-refractivity contribution in [3.05, 3.63) is 46.5 Å². The molecule has 6 heteroatoms. The number of nitrogens with two attached hydrogens (primary N) is 1. The van der Waals surface area contributed by atoms with E-state index in [0.717, 1.165) is 22.6 Å². The molecule has 0 radical (unpaired) electrons. The van der Waals surface area contributed by atoms with E-state index in [1.54, 1.807) is 6.92 Å². The third-order valence-corrected chi connectivity index (χ3v) is 4.22. The summed E-state index contributed by atoms with van der Waals surface area (Å²) in [5, 5.41) is 3.43. The lowest BCUT2D eigenvalue weighted by atomic mass is 9.92. The predicted molar refractivity (Wildman–Crippen MR) is 90.1 cm³/mol. The molecular weight excluding hydrogens is 306 g/mol. The number of hydrogen-bond donors (Lipinski definition) is 2. The molecule has 0 saturated carbocycles. The van der Waals surface area contributed by atoms with Crippen LogP contribution in [-0.4, -0.2) is 10.9 Å². The zero-order valence-electron chi connectivity index (χ0n) is 12.3. The van der Waals surface area contributed by atoms with E-state index < -0.39 is 5.54 Å². The number of carbonyl (C=O) groups is 1. The maximum absolute atomic E-state index is 12.4. The molecule has 1 aromatic carbocycles. The monoisotopic (exact) mass is 325 g/mol. The first-order chi connectivity index (χ1) is 9.45. The minimum Gasteiger partial charge on any atom is -0.314 e. The molecule has 0 fully saturated rings. The topological polar surface area (TPSA) is 68.0 Å². The van der Waals surface area contributed by atoms with E-state index in [4.69, 9.17) is 5.73 Å². The molecule has 4 nitrogen and oxygen atoms in total. The highest BCUT2D eigenvalue weighted by atomic mass is 35.5. The van der Waals surface area contributed by atoms with E-state index in [1.807, 2.05) is 44.2 Å². The number of anilines is 1. The Labute approximate surface area is 135 Å². The Bertz CT molecular complexity index is 611. The highest BCUT2D eigenvalue weighted by molar-refractivity contribution is 7.15. The molecule has 0 saturated heterocycles. The second-order valence-corrected chi connectivity index (χ2v) is 6.10. The lowest BCUT2D eigenvalue weighted by Gasteiger charge is -2.23. The Hall–Kier alpha value is -1.43. The highest BCUT2D eigenvalue weighted by Crippen LogP contribution is 2.25. The smallest absolute Gasteiger partial charge is 0.250 e. The van der Waals surface area contributed by atoms with Gasteiger partial charge in [-0.1, -0.05) is 37.3 Å². The molecule has 2 aromatic rings. The molecule has 2 rings (SSSR count). The molecule has 0 aliphatic rings. The lowest BCUT2D eigenvalue weighted by Crippen LogP contribution is -2.45. The van der Waals surface area contributed by atoms with Crippen molar-refractivity contribution >= 4 is 34.8 Å². The van der Waals surface area contributed by atoms with Crippen LogP contribution in [0.3, 0.4) is 0 Å². The number of carbonyl (C=O) groups excluding carboxylic acids is 1. The summed E-state index contributed by atoms with van der Waals surface area (Å²) in [7, 11) is 0. The predicted octanol–water partition coefficient (Wildman–Crippen LogP) is 3.25. The standard InChI is InChI=1S/C15H19N3OS.ClH/c1-4-12-10(2)20-14(17-12)18-13(19)15(3,16)11-8-6-5-7-9-11;/h5-9H,4,16H2,1-3H3,(H,17,18,19);1H. The van der Waals surface area contributed by atoms with Gasteiger partial charge in [0.2, 0.25) is 0 Å². The summed E-state index contributed by atoms with van der Waals surface area (Å²) in [4.78, 5) is 17.9. The minimum absolute atomic E-state index is 0. The Morgan fingerprint density at radius 1 is 1.38 bits per heavy atom. The number of hydrogen-bond acceptors (Lipinski definition) is 4. The van der Waals surface area contributed by atoms with Gasteiger partial charge in [0.05, 0.1) is 5.69 Å². The van der Waals surface area contributed by atoms with E-state index in [-0.39, 0.29) is 18.3 Å². The fourth-order valence-electron chi connectivity index (χ4n) is 1.95. The number of rotatable bonds is 4. The summed E-state index contributed by atoms with van der Waals surface area (Å²) >= 11 is 1.48. The first-order valence-electron chi connectivity index (χ1n) is 6.57. The molecule has 1 unspecified atom stereocenters. The number of aryl methyl sites for hydroxylation is 2. The quantitative estimate of drug-likeness (QED) is 0.906. The largest absolute Gasteiger partial charge is 0.314 e. The maximum Gasteiger partial charge on any atom is 0.250 e.